The Morgan fingerprint density at radius 3 is 2.60 bits per heavy atom. The molecule has 0 aliphatic carbocycles. The fourth-order valence-corrected chi connectivity index (χ4v) is 0.621. The standard InChI is InChI=1S/C6H8Cl2OS/c1-3-6(7,8)5(10)9-4-2/h3H,1,4H2,2H3. The predicted molar refractivity (Wildman–Crippen MR) is 48.9 cm³/mol. The van der Waals surface area contributed by atoms with E-state index in [9.17, 15) is 0 Å². The number of thiocarbonyl (C=S) groups is 1. The molecule has 0 unspecified atom stereocenters. The van der Waals surface area contributed by atoms with Crippen LogP contribution in [0.4, 0.5) is 0 Å². The summed E-state index contributed by atoms with van der Waals surface area (Å²) in [6, 6.07) is 0. The fraction of sp³-hybridized carbons (Fsp3) is 0.500. The Kier molecular flexibility index (Phi) is 4.25. The van der Waals surface area contributed by atoms with Crippen LogP contribution >= 0.6 is 35.4 Å². The van der Waals surface area contributed by atoms with E-state index in [-0.39, 0.29) is 5.05 Å². The molecule has 0 radical (unpaired) electrons. The van der Waals surface area contributed by atoms with Gasteiger partial charge in [-0.25, -0.2) is 0 Å². The molecule has 0 atom stereocenters. The van der Waals surface area contributed by atoms with Crippen LogP contribution in [0.15, 0.2) is 12.7 Å². The third-order valence-corrected chi connectivity index (χ3v) is 2.12. The van der Waals surface area contributed by atoms with E-state index >= 15 is 0 Å². The van der Waals surface area contributed by atoms with Gasteiger partial charge in [0.05, 0.1) is 6.61 Å². The molecule has 0 aromatic heterocycles. The van der Waals surface area contributed by atoms with E-state index in [1.807, 2.05) is 0 Å². The quantitative estimate of drug-likeness (QED) is 0.392. The molecule has 0 aliphatic heterocycles. The molecule has 0 amide bonds. The minimum atomic E-state index is -1.23. The number of hydrogen-bond donors (Lipinski definition) is 0. The van der Waals surface area contributed by atoms with Gasteiger partial charge in [0.15, 0.2) is 5.05 Å². The van der Waals surface area contributed by atoms with Gasteiger partial charge >= 0.3 is 0 Å². The summed E-state index contributed by atoms with van der Waals surface area (Å²) in [5, 5.41) is 0.147. The third kappa shape index (κ3) is 2.86. The number of alkyl halides is 2. The summed E-state index contributed by atoms with van der Waals surface area (Å²) in [6.45, 7) is 5.68. The van der Waals surface area contributed by atoms with Gasteiger partial charge in [-0.05, 0) is 25.2 Å². The van der Waals surface area contributed by atoms with Crippen molar-refractivity contribution in [2.45, 2.75) is 11.3 Å². The molecule has 0 bridgehead atoms. The number of halogens is 2. The Balaban J connectivity index is 4.04. The first-order valence-electron chi connectivity index (χ1n) is 2.73. The van der Waals surface area contributed by atoms with Crippen molar-refractivity contribution in [1.29, 1.82) is 0 Å². The number of ether oxygens (including phenoxy) is 1. The van der Waals surface area contributed by atoms with Crippen molar-refractivity contribution in [3.63, 3.8) is 0 Å². The Morgan fingerprint density at radius 2 is 2.30 bits per heavy atom. The van der Waals surface area contributed by atoms with Crippen molar-refractivity contribution in [2.24, 2.45) is 0 Å². The van der Waals surface area contributed by atoms with Crippen molar-refractivity contribution in [2.75, 3.05) is 6.61 Å². The van der Waals surface area contributed by atoms with Crippen LogP contribution in [-0.4, -0.2) is 16.0 Å². The monoisotopic (exact) mass is 198 g/mol. The van der Waals surface area contributed by atoms with Crippen LogP contribution in [-0.2, 0) is 4.74 Å². The van der Waals surface area contributed by atoms with E-state index in [1.54, 1.807) is 6.92 Å². The Morgan fingerprint density at radius 1 is 1.80 bits per heavy atom. The molecule has 10 heavy (non-hydrogen) atoms. The zero-order chi connectivity index (χ0) is 8.20. The summed E-state index contributed by atoms with van der Waals surface area (Å²) in [7, 11) is 0. The second-order valence-corrected chi connectivity index (χ2v) is 3.30. The Hall–Kier alpha value is 0.210. The third-order valence-electron chi connectivity index (χ3n) is 0.804. The molecular weight excluding hydrogens is 191 g/mol. The van der Waals surface area contributed by atoms with Crippen molar-refractivity contribution in [1.82, 2.24) is 0 Å². The molecule has 0 aliphatic rings. The van der Waals surface area contributed by atoms with Crippen LogP contribution in [0.5, 0.6) is 0 Å². The molecule has 0 fully saturated rings. The van der Waals surface area contributed by atoms with Gasteiger partial charge in [0.2, 0.25) is 4.33 Å². The molecule has 0 spiro atoms. The van der Waals surface area contributed by atoms with E-state index in [2.05, 4.69) is 6.58 Å². The normalized spacial score (nSPS) is 10.7. The molecule has 0 saturated carbocycles. The average molecular weight is 199 g/mol. The highest BCUT2D eigenvalue weighted by atomic mass is 35.5. The molecule has 0 rings (SSSR count). The average Bonchev–Trinajstić information content (AvgIpc) is 1.89. The lowest BCUT2D eigenvalue weighted by Crippen LogP contribution is -2.23. The molecule has 0 saturated heterocycles. The topological polar surface area (TPSA) is 9.23 Å². The maximum Gasteiger partial charge on any atom is 0.203 e. The zero-order valence-electron chi connectivity index (χ0n) is 5.56. The van der Waals surface area contributed by atoms with Gasteiger partial charge in [0.25, 0.3) is 0 Å². The van der Waals surface area contributed by atoms with Crippen LogP contribution in [0.2, 0.25) is 0 Å². The lowest BCUT2D eigenvalue weighted by atomic mass is 10.4. The van der Waals surface area contributed by atoms with Gasteiger partial charge < -0.3 is 4.74 Å². The molecule has 0 aromatic rings. The van der Waals surface area contributed by atoms with Gasteiger partial charge in [0.1, 0.15) is 0 Å². The van der Waals surface area contributed by atoms with Gasteiger partial charge in [0, 0.05) is 0 Å². The van der Waals surface area contributed by atoms with E-state index < -0.39 is 4.33 Å². The summed E-state index contributed by atoms with van der Waals surface area (Å²) in [6.07, 6.45) is 1.33. The van der Waals surface area contributed by atoms with E-state index in [0.29, 0.717) is 6.61 Å². The van der Waals surface area contributed by atoms with Crippen LogP contribution in [0, 0.1) is 0 Å². The second-order valence-electron chi connectivity index (χ2n) is 1.55. The zero-order valence-corrected chi connectivity index (χ0v) is 7.89. The van der Waals surface area contributed by atoms with Crippen LogP contribution in [0.25, 0.3) is 0 Å². The summed E-state index contributed by atoms with van der Waals surface area (Å²) >= 11 is 16.0. The van der Waals surface area contributed by atoms with Crippen molar-refractivity contribution < 1.29 is 4.74 Å². The smallest absolute Gasteiger partial charge is 0.203 e. The molecule has 0 N–H and O–H groups in total. The van der Waals surface area contributed by atoms with Crippen LogP contribution in [0.3, 0.4) is 0 Å². The first kappa shape index (κ1) is 10.2. The van der Waals surface area contributed by atoms with Gasteiger partial charge in [-0.15, -0.1) is 0 Å². The maximum absolute atomic E-state index is 5.63. The van der Waals surface area contributed by atoms with Gasteiger partial charge in [-0.2, -0.15) is 0 Å². The molecule has 0 aromatic carbocycles. The lowest BCUT2D eigenvalue weighted by Gasteiger charge is -2.14. The van der Waals surface area contributed by atoms with Crippen LogP contribution < -0.4 is 0 Å². The van der Waals surface area contributed by atoms with E-state index in [1.165, 1.54) is 6.08 Å². The second kappa shape index (κ2) is 4.16. The van der Waals surface area contributed by atoms with Crippen molar-refractivity contribution in [3.8, 4) is 0 Å². The summed E-state index contributed by atoms with van der Waals surface area (Å²) in [4.78, 5) is 0. The highest BCUT2D eigenvalue weighted by Gasteiger charge is 2.26. The van der Waals surface area contributed by atoms with Gasteiger partial charge in [-0.3, -0.25) is 0 Å². The largest absolute Gasteiger partial charge is 0.484 e. The summed E-state index contributed by atoms with van der Waals surface area (Å²) in [5.41, 5.74) is 0. The first-order valence-corrected chi connectivity index (χ1v) is 3.89. The highest BCUT2D eigenvalue weighted by molar-refractivity contribution is 7.80. The van der Waals surface area contributed by atoms with Crippen molar-refractivity contribution in [3.05, 3.63) is 12.7 Å². The van der Waals surface area contributed by atoms with E-state index in [4.69, 9.17) is 40.2 Å². The molecule has 58 valence electrons. The van der Waals surface area contributed by atoms with Gasteiger partial charge in [-0.1, -0.05) is 29.8 Å². The van der Waals surface area contributed by atoms with Crippen LogP contribution in [0.1, 0.15) is 6.92 Å². The number of hydrogen-bond acceptors (Lipinski definition) is 2. The predicted octanol–water partition coefficient (Wildman–Crippen LogP) is 2.71. The minimum Gasteiger partial charge on any atom is -0.484 e. The van der Waals surface area contributed by atoms with Crippen molar-refractivity contribution >= 4 is 40.5 Å². The lowest BCUT2D eigenvalue weighted by molar-refractivity contribution is 0.328. The first-order chi connectivity index (χ1) is 4.54. The molecule has 1 nitrogen and oxygen atoms in total. The molecular formula is C6H8Cl2OS. The maximum atomic E-state index is 5.63. The minimum absolute atomic E-state index is 0.147. The SMILES string of the molecule is C=CC(Cl)(Cl)C(=S)OCC. The summed E-state index contributed by atoms with van der Waals surface area (Å²) in [5.74, 6) is 0. The van der Waals surface area contributed by atoms with E-state index in [0.717, 1.165) is 0 Å². The highest BCUT2D eigenvalue weighted by Crippen LogP contribution is 2.24. The molecule has 0 heterocycles. The Bertz CT molecular complexity index is 145. The summed E-state index contributed by atoms with van der Waals surface area (Å²) < 4.78 is 3.66. The number of rotatable bonds is 3. The Labute approximate surface area is 76.0 Å². The fourth-order valence-electron chi connectivity index (χ4n) is 0.311. The molecule has 4 heteroatoms.